The topological polar surface area (TPSA) is 15.3 Å². The van der Waals surface area contributed by atoms with E-state index in [1.807, 2.05) is 0 Å². The van der Waals surface area contributed by atoms with Gasteiger partial charge >= 0.3 is 0 Å². The van der Waals surface area contributed by atoms with Crippen LogP contribution in [-0.4, -0.2) is 30.6 Å². The summed E-state index contributed by atoms with van der Waals surface area (Å²) in [6.07, 6.45) is 3.98. The summed E-state index contributed by atoms with van der Waals surface area (Å²) in [6, 6.07) is 10.5. The van der Waals surface area contributed by atoms with Gasteiger partial charge in [-0.2, -0.15) is 0 Å². The van der Waals surface area contributed by atoms with Gasteiger partial charge in [-0.25, -0.2) is 0 Å². The Morgan fingerprint density at radius 2 is 2.05 bits per heavy atom. The number of rotatable bonds is 3. The first-order valence-corrected chi connectivity index (χ1v) is 7.82. The number of benzene rings is 1. The molecule has 1 aromatic carbocycles. The van der Waals surface area contributed by atoms with Gasteiger partial charge < -0.3 is 5.32 Å². The van der Waals surface area contributed by atoms with Crippen molar-refractivity contribution >= 4 is 0 Å². The minimum atomic E-state index is 0.605. The van der Waals surface area contributed by atoms with Crippen molar-refractivity contribution in [3.05, 3.63) is 35.4 Å². The molecule has 2 saturated heterocycles. The molecule has 1 aromatic rings. The Morgan fingerprint density at radius 1 is 1.26 bits per heavy atom. The molecule has 0 amide bonds. The molecule has 3 atom stereocenters. The molecule has 0 aromatic heterocycles. The standard InChI is InChI=1S/C17H26N2/c1-3-17(14-8-6-13(2)7-9-14)19-11-15-5-4-10-18-16(15)12-19/h6-9,15-18H,3-5,10-12H2,1-2H3. The van der Waals surface area contributed by atoms with Crippen LogP contribution in [0, 0.1) is 12.8 Å². The van der Waals surface area contributed by atoms with E-state index in [9.17, 15) is 0 Å². The molecule has 0 spiro atoms. The van der Waals surface area contributed by atoms with E-state index in [1.54, 1.807) is 0 Å². The van der Waals surface area contributed by atoms with Crippen molar-refractivity contribution in [1.29, 1.82) is 0 Å². The average molecular weight is 258 g/mol. The largest absolute Gasteiger partial charge is 0.312 e. The van der Waals surface area contributed by atoms with Gasteiger partial charge in [0.1, 0.15) is 0 Å². The average Bonchev–Trinajstić information content (AvgIpc) is 2.85. The van der Waals surface area contributed by atoms with Crippen LogP contribution in [0.25, 0.3) is 0 Å². The fourth-order valence-corrected chi connectivity index (χ4v) is 3.83. The predicted molar refractivity (Wildman–Crippen MR) is 80.3 cm³/mol. The summed E-state index contributed by atoms with van der Waals surface area (Å²) < 4.78 is 0. The number of fused-ring (bicyclic) bond motifs is 1. The molecule has 19 heavy (non-hydrogen) atoms. The van der Waals surface area contributed by atoms with Crippen LogP contribution >= 0.6 is 0 Å². The third-order valence-corrected chi connectivity index (χ3v) is 4.92. The lowest BCUT2D eigenvalue weighted by atomic mass is 9.94. The third-order valence-electron chi connectivity index (χ3n) is 4.92. The van der Waals surface area contributed by atoms with E-state index < -0.39 is 0 Å². The normalized spacial score (nSPS) is 29.2. The van der Waals surface area contributed by atoms with Crippen LogP contribution in [0.1, 0.15) is 43.4 Å². The summed E-state index contributed by atoms with van der Waals surface area (Å²) in [5.74, 6) is 0.883. The number of hydrogen-bond donors (Lipinski definition) is 1. The molecule has 2 aliphatic heterocycles. The second kappa shape index (κ2) is 5.64. The minimum Gasteiger partial charge on any atom is -0.312 e. The second-order valence-electron chi connectivity index (χ2n) is 6.25. The van der Waals surface area contributed by atoms with Crippen LogP contribution in [0.4, 0.5) is 0 Å². The molecule has 2 fully saturated rings. The Kier molecular flexibility index (Phi) is 3.90. The number of aryl methyl sites for hydroxylation is 1. The SMILES string of the molecule is CCC(c1ccc(C)cc1)N1CC2CCCNC2C1. The maximum atomic E-state index is 3.71. The fourth-order valence-electron chi connectivity index (χ4n) is 3.83. The van der Waals surface area contributed by atoms with Crippen LogP contribution in [0.15, 0.2) is 24.3 Å². The lowest BCUT2D eigenvalue weighted by molar-refractivity contribution is 0.228. The first-order valence-electron chi connectivity index (χ1n) is 7.82. The molecule has 2 nitrogen and oxygen atoms in total. The van der Waals surface area contributed by atoms with Crippen LogP contribution in [0.5, 0.6) is 0 Å². The van der Waals surface area contributed by atoms with E-state index in [0.29, 0.717) is 6.04 Å². The van der Waals surface area contributed by atoms with Crippen LogP contribution in [0.2, 0.25) is 0 Å². The molecule has 2 aliphatic rings. The van der Waals surface area contributed by atoms with E-state index in [4.69, 9.17) is 0 Å². The fraction of sp³-hybridized carbons (Fsp3) is 0.647. The highest BCUT2D eigenvalue weighted by Gasteiger charge is 2.36. The van der Waals surface area contributed by atoms with Gasteiger partial charge in [0.2, 0.25) is 0 Å². The zero-order valence-corrected chi connectivity index (χ0v) is 12.2. The van der Waals surface area contributed by atoms with Gasteiger partial charge in [-0.05, 0) is 44.2 Å². The van der Waals surface area contributed by atoms with Crippen molar-refractivity contribution in [3.63, 3.8) is 0 Å². The second-order valence-corrected chi connectivity index (χ2v) is 6.25. The first-order chi connectivity index (χ1) is 9.28. The van der Waals surface area contributed by atoms with Crippen molar-refractivity contribution in [2.24, 2.45) is 5.92 Å². The van der Waals surface area contributed by atoms with Gasteiger partial charge in [-0.15, -0.1) is 0 Å². The maximum Gasteiger partial charge on any atom is 0.0346 e. The van der Waals surface area contributed by atoms with Crippen molar-refractivity contribution in [1.82, 2.24) is 10.2 Å². The van der Waals surface area contributed by atoms with Gasteiger partial charge in [0.05, 0.1) is 0 Å². The van der Waals surface area contributed by atoms with Gasteiger partial charge in [-0.1, -0.05) is 36.8 Å². The van der Waals surface area contributed by atoms with Gasteiger partial charge in [0, 0.05) is 25.2 Å². The number of nitrogens with zero attached hydrogens (tertiary/aromatic N) is 1. The molecule has 3 rings (SSSR count). The summed E-state index contributed by atoms with van der Waals surface area (Å²) in [7, 11) is 0. The van der Waals surface area contributed by atoms with Crippen molar-refractivity contribution in [3.8, 4) is 0 Å². The van der Waals surface area contributed by atoms with Crippen molar-refractivity contribution in [2.45, 2.75) is 45.2 Å². The van der Waals surface area contributed by atoms with E-state index >= 15 is 0 Å². The van der Waals surface area contributed by atoms with E-state index in [1.165, 1.54) is 50.0 Å². The van der Waals surface area contributed by atoms with Crippen LogP contribution < -0.4 is 5.32 Å². The smallest absolute Gasteiger partial charge is 0.0346 e. The Hall–Kier alpha value is -0.860. The van der Waals surface area contributed by atoms with Gasteiger partial charge in [0.15, 0.2) is 0 Å². The van der Waals surface area contributed by atoms with E-state index in [2.05, 4.69) is 48.3 Å². The molecule has 2 heteroatoms. The molecule has 104 valence electrons. The molecular weight excluding hydrogens is 232 g/mol. The van der Waals surface area contributed by atoms with Crippen LogP contribution in [0.3, 0.4) is 0 Å². The number of likely N-dealkylation sites (tertiary alicyclic amines) is 1. The van der Waals surface area contributed by atoms with E-state index in [0.717, 1.165) is 12.0 Å². The lowest BCUT2D eigenvalue weighted by Gasteiger charge is -2.27. The molecule has 0 radical (unpaired) electrons. The Morgan fingerprint density at radius 3 is 2.74 bits per heavy atom. The molecular formula is C17H26N2. The summed E-state index contributed by atoms with van der Waals surface area (Å²) >= 11 is 0. The first kappa shape index (κ1) is 13.1. The zero-order valence-electron chi connectivity index (χ0n) is 12.2. The molecule has 2 heterocycles. The zero-order chi connectivity index (χ0) is 13.2. The Bertz CT molecular complexity index is 398. The molecule has 0 saturated carbocycles. The van der Waals surface area contributed by atoms with Gasteiger partial charge in [0.25, 0.3) is 0 Å². The predicted octanol–water partition coefficient (Wildman–Crippen LogP) is 3.13. The Labute approximate surface area is 117 Å². The van der Waals surface area contributed by atoms with Gasteiger partial charge in [-0.3, -0.25) is 4.90 Å². The quantitative estimate of drug-likeness (QED) is 0.896. The van der Waals surface area contributed by atoms with Crippen molar-refractivity contribution < 1.29 is 0 Å². The van der Waals surface area contributed by atoms with Crippen molar-refractivity contribution in [2.75, 3.05) is 19.6 Å². The Balaban J connectivity index is 1.74. The summed E-state index contributed by atoms with van der Waals surface area (Å²) in [5.41, 5.74) is 2.85. The number of piperidine rings is 1. The molecule has 0 aliphatic carbocycles. The summed E-state index contributed by atoms with van der Waals surface area (Å²) in [4.78, 5) is 2.71. The molecule has 0 bridgehead atoms. The molecule has 3 unspecified atom stereocenters. The summed E-state index contributed by atoms with van der Waals surface area (Å²) in [5, 5.41) is 3.71. The highest BCUT2D eigenvalue weighted by atomic mass is 15.2. The number of nitrogens with one attached hydrogen (secondary N) is 1. The van der Waals surface area contributed by atoms with Crippen LogP contribution in [-0.2, 0) is 0 Å². The minimum absolute atomic E-state index is 0.605. The lowest BCUT2D eigenvalue weighted by Crippen LogP contribution is -2.40. The highest BCUT2D eigenvalue weighted by Crippen LogP contribution is 2.33. The van der Waals surface area contributed by atoms with E-state index in [-0.39, 0.29) is 0 Å². The maximum absolute atomic E-state index is 3.71. The summed E-state index contributed by atoms with van der Waals surface area (Å²) in [6.45, 7) is 8.22. The number of hydrogen-bond acceptors (Lipinski definition) is 2. The highest BCUT2D eigenvalue weighted by molar-refractivity contribution is 5.24. The monoisotopic (exact) mass is 258 g/mol. The molecule has 1 N–H and O–H groups in total. The third kappa shape index (κ3) is 2.70.